The van der Waals surface area contributed by atoms with Gasteiger partial charge in [-0.1, -0.05) is 11.6 Å². The van der Waals surface area contributed by atoms with Crippen LogP contribution in [0, 0.1) is 0 Å². The summed E-state index contributed by atoms with van der Waals surface area (Å²) in [6, 6.07) is 0.721. The molecule has 0 aromatic carbocycles. The Balaban J connectivity index is 3.21. The second-order valence-electron chi connectivity index (χ2n) is 2.71. The molecule has 15 heavy (non-hydrogen) atoms. The molecule has 0 fully saturated rings. The Bertz CT molecular complexity index is 398. The Kier molecular flexibility index (Phi) is 3.41. The van der Waals surface area contributed by atoms with Crippen LogP contribution in [0.3, 0.4) is 0 Å². The highest BCUT2D eigenvalue weighted by Crippen LogP contribution is 2.30. The van der Waals surface area contributed by atoms with Crippen molar-refractivity contribution in [1.82, 2.24) is 4.98 Å². The molecule has 82 valence electrons. The fourth-order valence-electron chi connectivity index (χ4n) is 1.00. The summed E-state index contributed by atoms with van der Waals surface area (Å²) < 4.78 is 24.8. The molecule has 1 aromatic heterocycles. The van der Waals surface area contributed by atoms with E-state index in [9.17, 15) is 13.6 Å². The number of halogens is 3. The molecular weight excluding hydrogens is 232 g/mol. The lowest BCUT2D eigenvalue weighted by Crippen LogP contribution is -2.06. The zero-order valence-electron chi connectivity index (χ0n) is 7.25. The topological polar surface area (TPSA) is 70.4 Å². The highest BCUT2D eigenvalue weighted by Gasteiger charge is 2.19. The van der Waals surface area contributed by atoms with Gasteiger partial charge in [0.25, 0.3) is 6.43 Å². The van der Waals surface area contributed by atoms with E-state index in [1.165, 1.54) is 0 Å². The maximum atomic E-state index is 12.4. The minimum Gasteiger partial charge on any atom is -0.505 e. The van der Waals surface area contributed by atoms with Crippen LogP contribution in [0.25, 0.3) is 0 Å². The third-order valence-corrected chi connectivity index (χ3v) is 1.90. The molecule has 0 aliphatic rings. The van der Waals surface area contributed by atoms with Gasteiger partial charge >= 0.3 is 5.97 Å². The molecule has 0 spiro atoms. The molecule has 0 saturated heterocycles. The Morgan fingerprint density at radius 3 is 2.67 bits per heavy atom. The van der Waals surface area contributed by atoms with E-state index >= 15 is 0 Å². The van der Waals surface area contributed by atoms with Gasteiger partial charge in [0.15, 0.2) is 10.9 Å². The first-order valence-corrected chi connectivity index (χ1v) is 4.18. The van der Waals surface area contributed by atoms with Gasteiger partial charge in [-0.2, -0.15) is 0 Å². The molecule has 1 heterocycles. The van der Waals surface area contributed by atoms with E-state index in [0.29, 0.717) is 0 Å². The smallest absolute Gasteiger partial charge is 0.309 e. The Labute approximate surface area is 88.1 Å². The highest BCUT2D eigenvalue weighted by molar-refractivity contribution is 6.30. The first kappa shape index (κ1) is 11.6. The first-order valence-electron chi connectivity index (χ1n) is 3.80. The maximum Gasteiger partial charge on any atom is 0.309 e. The minimum absolute atomic E-state index is 0.347. The standard InChI is InChI=1S/C8H6ClF2NO3/c9-7-5(13)1-3(8(10)11)4(12-7)2-6(14)15/h1,8,13H,2H2,(H,14,15). The predicted octanol–water partition coefficient (Wildman–Crippen LogP) is 2.01. The largest absolute Gasteiger partial charge is 0.505 e. The molecule has 0 bridgehead atoms. The van der Waals surface area contributed by atoms with Crippen LogP contribution in [0.4, 0.5) is 8.78 Å². The van der Waals surface area contributed by atoms with Gasteiger partial charge < -0.3 is 10.2 Å². The van der Waals surface area contributed by atoms with Crippen molar-refractivity contribution in [3.8, 4) is 5.75 Å². The molecule has 0 amide bonds. The number of carboxylic acid groups (broad SMARTS) is 1. The van der Waals surface area contributed by atoms with Gasteiger partial charge in [-0.3, -0.25) is 4.79 Å². The van der Waals surface area contributed by atoms with Gasteiger partial charge in [-0.15, -0.1) is 0 Å². The van der Waals surface area contributed by atoms with Crippen molar-refractivity contribution in [3.63, 3.8) is 0 Å². The number of alkyl halides is 2. The van der Waals surface area contributed by atoms with Crippen molar-refractivity contribution in [2.45, 2.75) is 12.8 Å². The van der Waals surface area contributed by atoms with Gasteiger partial charge in [0.05, 0.1) is 12.1 Å². The summed E-state index contributed by atoms with van der Waals surface area (Å²) >= 11 is 5.37. The summed E-state index contributed by atoms with van der Waals surface area (Å²) in [7, 11) is 0. The normalized spacial score (nSPS) is 10.7. The number of rotatable bonds is 3. The summed E-state index contributed by atoms with van der Waals surface area (Å²) in [5.41, 5.74) is -0.973. The van der Waals surface area contributed by atoms with Gasteiger partial charge in [-0.05, 0) is 6.07 Å². The molecule has 0 saturated carbocycles. The van der Waals surface area contributed by atoms with Crippen LogP contribution in [0.15, 0.2) is 6.07 Å². The number of nitrogens with zero attached hydrogens (tertiary/aromatic N) is 1. The van der Waals surface area contributed by atoms with E-state index in [-0.39, 0.29) is 5.69 Å². The molecule has 2 N–H and O–H groups in total. The molecule has 0 aliphatic carbocycles. The molecule has 0 radical (unpaired) electrons. The SMILES string of the molecule is O=C(O)Cc1nc(Cl)c(O)cc1C(F)F. The van der Waals surface area contributed by atoms with Gasteiger partial charge in [-0.25, -0.2) is 13.8 Å². The fraction of sp³-hybridized carbons (Fsp3) is 0.250. The Hall–Kier alpha value is -1.43. The summed E-state index contributed by atoms with van der Waals surface area (Å²) in [6.07, 6.45) is -3.57. The number of aromatic hydroxyl groups is 1. The number of carbonyl (C=O) groups is 1. The quantitative estimate of drug-likeness (QED) is 0.789. The number of aliphatic carboxylic acids is 1. The first-order chi connectivity index (χ1) is 6.91. The molecule has 1 aromatic rings. The lowest BCUT2D eigenvalue weighted by molar-refractivity contribution is -0.136. The minimum atomic E-state index is -2.91. The maximum absolute atomic E-state index is 12.4. The van der Waals surface area contributed by atoms with Crippen molar-refractivity contribution in [2.75, 3.05) is 0 Å². The van der Waals surface area contributed by atoms with E-state index in [1.807, 2.05) is 0 Å². The third-order valence-electron chi connectivity index (χ3n) is 1.62. The number of aromatic nitrogens is 1. The third kappa shape index (κ3) is 2.76. The molecular formula is C8H6ClF2NO3. The molecule has 4 nitrogen and oxygen atoms in total. The molecule has 7 heteroatoms. The number of hydrogen-bond acceptors (Lipinski definition) is 3. The highest BCUT2D eigenvalue weighted by atomic mass is 35.5. The molecule has 0 unspecified atom stereocenters. The van der Waals surface area contributed by atoms with E-state index in [4.69, 9.17) is 21.8 Å². The van der Waals surface area contributed by atoms with Gasteiger partial charge in [0.2, 0.25) is 0 Å². The second-order valence-corrected chi connectivity index (χ2v) is 3.06. The van der Waals surface area contributed by atoms with Crippen LogP contribution in [-0.4, -0.2) is 21.2 Å². The molecule has 0 atom stereocenters. The van der Waals surface area contributed by atoms with E-state index in [0.717, 1.165) is 6.07 Å². The van der Waals surface area contributed by atoms with Crippen LogP contribution >= 0.6 is 11.6 Å². The summed E-state index contributed by atoms with van der Waals surface area (Å²) in [5, 5.41) is 17.1. The fourth-order valence-corrected chi connectivity index (χ4v) is 1.16. The van der Waals surface area contributed by atoms with Gasteiger partial charge in [0.1, 0.15) is 0 Å². The lowest BCUT2D eigenvalue weighted by Gasteiger charge is -2.07. The van der Waals surface area contributed by atoms with Crippen molar-refractivity contribution in [3.05, 3.63) is 22.5 Å². The Morgan fingerprint density at radius 1 is 1.60 bits per heavy atom. The zero-order valence-corrected chi connectivity index (χ0v) is 8.00. The van der Waals surface area contributed by atoms with Crippen LogP contribution in [-0.2, 0) is 11.2 Å². The monoisotopic (exact) mass is 237 g/mol. The summed E-state index contributed by atoms with van der Waals surface area (Å²) in [6.45, 7) is 0. The van der Waals surface area contributed by atoms with Crippen LogP contribution in [0.5, 0.6) is 5.75 Å². The number of hydrogen-bond donors (Lipinski definition) is 2. The number of carboxylic acids is 1. The van der Waals surface area contributed by atoms with Crippen LogP contribution in [0.1, 0.15) is 17.7 Å². The van der Waals surface area contributed by atoms with Crippen molar-refractivity contribution >= 4 is 17.6 Å². The Morgan fingerprint density at radius 2 is 2.20 bits per heavy atom. The molecule has 1 rings (SSSR count). The van der Waals surface area contributed by atoms with Gasteiger partial charge in [0, 0.05) is 5.56 Å². The average molecular weight is 238 g/mol. The van der Waals surface area contributed by atoms with Crippen LogP contribution in [0.2, 0.25) is 5.15 Å². The molecule has 0 aliphatic heterocycles. The predicted molar refractivity (Wildman–Crippen MR) is 47.2 cm³/mol. The summed E-state index contributed by atoms with van der Waals surface area (Å²) in [5.74, 6) is -1.90. The van der Waals surface area contributed by atoms with E-state index in [2.05, 4.69) is 4.98 Å². The van der Waals surface area contributed by atoms with Crippen LogP contribution < -0.4 is 0 Å². The lowest BCUT2D eigenvalue weighted by atomic mass is 10.1. The average Bonchev–Trinajstić information content (AvgIpc) is 2.09. The van der Waals surface area contributed by atoms with E-state index in [1.54, 1.807) is 0 Å². The van der Waals surface area contributed by atoms with Crippen molar-refractivity contribution in [2.24, 2.45) is 0 Å². The summed E-state index contributed by atoms with van der Waals surface area (Å²) in [4.78, 5) is 13.7. The second kappa shape index (κ2) is 4.39. The zero-order chi connectivity index (χ0) is 11.6. The van der Waals surface area contributed by atoms with E-state index < -0.39 is 35.3 Å². The van der Waals surface area contributed by atoms with Crippen molar-refractivity contribution in [1.29, 1.82) is 0 Å². The number of pyridine rings is 1. The van der Waals surface area contributed by atoms with Crippen molar-refractivity contribution < 1.29 is 23.8 Å².